The van der Waals surface area contributed by atoms with E-state index in [2.05, 4.69) is 17.2 Å². The van der Waals surface area contributed by atoms with E-state index in [1.54, 1.807) is 12.1 Å². The summed E-state index contributed by atoms with van der Waals surface area (Å²) >= 11 is 0. The Balaban J connectivity index is 1.81. The minimum absolute atomic E-state index is 0.533. The first-order valence-electron chi connectivity index (χ1n) is 6.27. The van der Waals surface area contributed by atoms with Crippen LogP contribution in [0.2, 0.25) is 0 Å². The topological polar surface area (TPSA) is 73.3 Å². The van der Waals surface area contributed by atoms with Crippen LogP contribution in [0.3, 0.4) is 0 Å². The van der Waals surface area contributed by atoms with E-state index in [4.69, 9.17) is 14.9 Å². The molecule has 0 radical (unpaired) electrons. The van der Waals surface area contributed by atoms with Crippen molar-refractivity contribution in [2.75, 3.05) is 30.8 Å². The third kappa shape index (κ3) is 3.37. The van der Waals surface area contributed by atoms with E-state index in [0.717, 1.165) is 43.7 Å². The summed E-state index contributed by atoms with van der Waals surface area (Å²) in [6.07, 6.45) is 1.99. The predicted molar refractivity (Wildman–Crippen MR) is 72.6 cm³/mol. The predicted octanol–water partition coefficient (Wildman–Crippen LogP) is 2.64. The second-order valence-electron chi connectivity index (χ2n) is 4.14. The molecule has 2 rings (SSSR count). The van der Waals surface area contributed by atoms with Crippen molar-refractivity contribution >= 4 is 22.8 Å². The van der Waals surface area contributed by atoms with Crippen LogP contribution in [0.25, 0.3) is 11.1 Å². The molecule has 0 spiro atoms. The second-order valence-corrected chi connectivity index (χ2v) is 4.14. The van der Waals surface area contributed by atoms with E-state index in [1.807, 2.05) is 6.07 Å². The zero-order chi connectivity index (χ0) is 12.8. The number of benzene rings is 1. The van der Waals surface area contributed by atoms with Gasteiger partial charge in [-0.15, -0.1) is 0 Å². The third-order valence-electron chi connectivity index (χ3n) is 2.50. The number of fused-ring (bicyclic) bond motifs is 1. The molecule has 0 aliphatic heterocycles. The lowest BCUT2D eigenvalue weighted by atomic mass is 10.3. The summed E-state index contributed by atoms with van der Waals surface area (Å²) in [6.45, 7) is 4.46. The molecule has 5 nitrogen and oxygen atoms in total. The van der Waals surface area contributed by atoms with E-state index in [0.29, 0.717) is 11.7 Å². The van der Waals surface area contributed by atoms with Gasteiger partial charge in [0.15, 0.2) is 5.58 Å². The van der Waals surface area contributed by atoms with Crippen LogP contribution in [0.4, 0.5) is 11.7 Å². The zero-order valence-electron chi connectivity index (χ0n) is 10.6. The van der Waals surface area contributed by atoms with E-state index in [-0.39, 0.29) is 0 Å². The summed E-state index contributed by atoms with van der Waals surface area (Å²) in [6, 6.07) is 5.96. The fourth-order valence-corrected chi connectivity index (χ4v) is 1.64. The van der Waals surface area contributed by atoms with Crippen molar-refractivity contribution in [2.24, 2.45) is 0 Å². The van der Waals surface area contributed by atoms with Crippen molar-refractivity contribution in [1.82, 2.24) is 4.98 Å². The first-order chi connectivity index (χ1) is 8.79. The number of oxazole rings is 1. The Morgan fingerprint density at radius 2 is 2.28 bits per heavy atom. The molecule has 5 heteroatoms. The maximum Gasteiger partial charge on any atom is 0.295 e. The molecule has 98 valence electrons. The molecular formula is C13H19N3O2. The van der Waals surface area contributed by atoms with E-state index in [9.17, 15) is 0 Å². The number of hydrogen-bond acceptors (Lipinski definition) is 5. The fourth-order valence-electron chi connectivity index (χ4n) is 1.64. The van der Waals surface area contributed by atoms with Crippen LogP contribution < -0.4 is 11.1 Å². The van der Waals surface area contributed by atoms with Crippen LogP contribution in [0, 0.1) is 0 Å². The van der Waals surface area contributed by atoms with Gasteiger partial charge in [-0.2, -0.15) is 4.98 Å². The molecule has 0 saturated heterocycles. The van der Waals surface area contributed by atoms with Crippen molar-refractivity contribution in [3.8, 4) is 0 Å². The fraction of sp³-hybridized carbons (Fsp3) is 0.462. The summed E-state index contributed by atoms with van der Waals surface area (Å²) in [4.78, 5) is 4.31. The number of nitrogens with zero attached hydrogens (tertiary/aromatic N) is 1. The van der Waals surface area contributed by atoms with Gasteiger partial charge in [0.1, 0.15) is 5.52 Å². The lowest BCUT2D eigenvalue weighted by Crippen LogP contribution is -2.06. The Hall–Kier alpha value is -1.75. The molecule has 2 aromatic rings. The maximum absolute atomic E-state index is 5.68. The molecule has 0 bridgehead atoms. The molecule has 1 aromatic heterocycles. The van der Waals surface area contributed by atoms with Gasteiger partial charge in [-0.05, 0) is 31.0 Å². The summed E-state index contributed by atoms with van der Waals surface area (Å²) < 4.78 is 10.9. The average Bonchev–Trinajstić information content (AvgIpc) is 2.75. The van der Waals surface area contributed by atoms with Crippen molar-refractivity contribution in [2.45, 2.75) is 19.8 Å². The first kappa shape index (κ1) is 12.7. The summed E-state index contributed by atoms with van der Waals surface area (Å²) in [5, 5.41) is 3.13. The molecule has 0 amide bonds. The Bertz CT molecular complexity index is 496. The summed E-state index contributed by atoms with van der Waals surface area (Å²) in [7, 11) is 0. The minimum atomic E-state index is 0.533. The molecule has 0 aliphatic carbocycles. The van der Waals surface area contributed by atoms with E-state index >= 15 is 0 Å². The monoisotopic (exact) mass is 249 g/mol. The van der Waals surface area contributed by atoms with Gasteiger partial charge in [0.2, 0.25) is 0 Å². The molecule has 0 aliphatic rings. The van der Waals surface area contributed by atoms with Crippen molar-refractivity contribution < 1.29 is 9.15 Å². The van der Waals surface area contributed by atoms with Crippen LogP contribution in [0.1, 0.15) is 19.8 Å². The molecule has 0 unspecified atom stereocenters. The van der Waals surface area contributed by atoms with Crippen molar-refractivity contribution in [3.05, 3.63) is 18.2 Å². The number of rotatable bonds is 7. The Morgan fingerprint density at radius 3 is 3.11 bits per heavy atom. The first-order valence-corrected chi connectivity index (χ1v) is 6.27. The number of hydrogen-bond donors (Lipinski definition) is 2. The normalized spacial score (nSPS) is 10.9. The van der Waals surface area contributed by atoms with Crippen LogP contribution in [-0.2, 0) is 4.74 Å². The number of nitrogens with two attached hydrogens (primary N) is 1. The van der Waals surface area contributed by atoms with E-state index < -0.39 is 0 Å². The molecule has 3 N–H and O–H groups in total. The molecule has 0 fully saturated rings. The van der Waals surface area contributed by atoms with E-state index in [1.165, 1.54) is 0 Å². The van der Waals surface area contributed by atoms with Crippen molar-refractivity contribution in [3.63, 3.8) is 0 Å². The van der Waals surface area contributed by atoms with Crippen molar-refractivity contribution in [1.29, 1.82) is 0 Å². The number of anilines is 2. The molecule has 0 saturated carbocycles. The second kappa shape index (κ2) is 6.26. The molecule has 1 heterocycles. The largest absolute Gasteiger partial charge is 0.424 e. The van der Waals surface area contributed by atoms with Gasteiger partial charge in [0, 0.05) is 25.4 Å². The molecular weight excluding hydrogens is 230 g/mol. The molecule has 0 atom stereocenters. The number of ether oxygens (including phenoxy) is 1. The lowest BCUT2D eigenvalue weighted by Gasteiger charge is -2.02. The zero-order valence-corrected chi connectivity index (χ0v) is 10.6. The van der Waals surface area contributed by atoms with Gasteiger partial charge in [-0.25, -0.2) is 0 Å². The lowest BCUT2D eigenvalue weighted by molar-refractivity contribution is 0.134. The Labute approximate surface area is 106 Å². The average molecular weight is 249 g/mol. The highest BCUT2D eigenvalue weighted by molar-refractivity contribution is 5.78. The minimum Gasteiger partial charge on any atom is -0.424 e. The van der Waals surface area contributed by atoms with Gasteiger partial charge < -0.3 is 20.2 Å². The van der Waals surface area contributed by atoms with Crippen LogP contribution >= 0.6 is 0 Å². The Kier molecular flexibility index (Phi) is 4.41. The SMILES string of the molecule is CCCOCCCNc1nc2cc(N)ccc2o1. The standard InChI is InChI=1S/C13H19N3O2/c1-2-7-17-8-3-6-15-13-16-11-9-10(14)4-5-12(11)18-13/h4-5,9H,2-3,6-8,14H2,1H3,(H,15,16). The molecule has 18 heavy (non-hydrogen) atoms. The number of aromatic nitrogens is 1. The summed E-state index contributed by atoms with van der Waals surface area (Å²) in [5.74, 6) is 0. The van der Waals surface area contributed by atoms with Gasteiger partial charge in [0.05, 0.1) is 0 Å². The van der Waals surface area contributed by atoms with Gasteiger partial charge in [-0.3, -0.25) is 0 Å². The number of nitrogen functional groups attached to an aromatic ring is 1. The molecule has 1 aromatic carbocycles. The quantitative estimate of drug-likeness (QED) is 0.583. The van der Waals surface area contributed by atoms with Gasteiger partial charge in [-0.1, -0.05) is 6.92 Å². The highest BCUT2D eigenvalue weighted by Crippen LogP contribution is 2.20. The van der Waals surface area contributed by atoms with Crippen LogP contribution in [-0.4, -0.2) is 24.7 Å². The Morgan fingerprint density at radius 1 is 1.39 bits per heavy atom. The van der Waals surface area contributed by atoms with Crippen LogP contribution in [0.15, 0.2) is 22.6 Å². The summed E-state index contributed by atoms with van der Waals surface area (Å²) in [5.41, 5.74) is 7.89. The van der Waals surface area contributed by atoms with Crippen LogP contribution in [0.5, 0.6) is 0 Å². The maximum atomic E-state index is 5.68. The van der Waals surface area contributed by atoms with Gasteiger partial charge in [0.25, 0.3) is 6.01 Å². The highest BCUT2D eigenvalue weighted by Gasteiger charge is 2.04. The number of nitrogens with one attached hydrogen (secondary N) is 1. The van der Waals surface area contributed by atoms with Gasteiger partial charge >= 0.3 is 0 Å². The third-order valence-corrected chi connectivity index (χ3v) is 2.50. The highest BCUT2D eigenvalue weighted by atomic mass is 16.5. The smallest absolute Gasteiger partial charge is 0.295 e.